The monoisotopic (exact) mass is 336 g/mol. The third-order valence-corrected chi connectivity index (χ3v) is 3.92. The van der Waals surface area contributed by atoms with E-state index in [9.17, 15) is 18.0 Å². The minimum atomic E-state index is -4.55. The molecule has 2 nitrogen and oxygen atoms in total. The van der Waals surface area contributed by atoms with Gasteiger partial charge in [0.1, 0.15) is 0 Å². The zero-order valence-corrected chi connectivity index (χ0v) is 11.5. The average Bonchev–Trinajstić information content (AvgIpc) is 2.45. The minimum absolute atomic E-state index is 0. The summed E-state index contributed by atoms with van der Waals surface area (Å²) in [4.78, 5) is 11.5. The van der Waals surface area contributed by atoms with Crippen LogP contribution in [0.2, 0.25) is 0 Å². The predicted octanol–water partition coefficient (Wildman–Crippen LogP) is 4.05. The Labute approximate surface area is 152 Å². The first-order valence-electron chi connectivity index (χ1n) is 5.99. The fourth-order valence-corrected chi connectivity index (χ4v) is 2.72. The van der Waals surface area contributed by atoms with Gasteiger partial charge in [-0.2, -0.15) is 13.2 Å². The molecule has 112 valence electrons. The quantitative estimate of drug-likeness (QED) is 0.676. The number of thioether (sulfide) groups is 1. The summed E-state index contributed by atoms with van der Waals surface area (Å²) in [6.07, 6.45) is -4.55. The zero-order chi connectivity index (χ0) is 15.5. The summed E-state index contributed by atoms with van der Waals surface area (Å²) in [6.45, 7) is 0. The summed E-state index contributed by atoms with van der Waals surface area (Å²) in [7, 11) is 0. The summed E-state index contributed by atoms with van der Waals surface area (Å²) in [5.41, 5.74) is -0.312. The third kappa shape index (κ3) is 5.05. The van der Waals surface area contributed by atoms with E-state index in [-0.39, 0.29) is 35.1 Å². The Morgan fingerprint density at radius 2 is 1.73 bits per heavy atom. The molecule has 0 spiro atoms. The third-order valence-electron chi connectivity index (χ3n) is 2.77. The molecule has 0 bridgehead atoms. The van der Waals surface area contributed by atoms with Crippen LogP contribution in [0.15, 0.2) is 53.4 Å². The van der Waals surface area contributed by atoms with E-state index in [1.165, 1.54) is 17.8 Å². The van der Waals surface area contributed by atoms with Crippen molar-refractivity contribution in [2.24, 2.45) is 0 Å². The molecular weight excluding hydrogens is 324 g/mol. The van der Waals surface area contributed by atoms with Gasteiger partial charge in [-0.05, 0) is 23.8 Å². The van der Waals surface area contributed by atoms with Crippen molar-refractivity contribution in [2.45, 2.75) is 16.8 Å². The molecule has 0 aliphatic rings. The molecule has 2 rings (SSSR count). The second kappa shape index (κ2) is 8.06. The van der Waals surface area contributed by atoms with Crippen LogP contribution in [-0.4, -0.2) is 40.6 Å². The van der Waals surface area contributed by atoms with Crippen molar-refractivity contribution in [1.82, 2.24) is 0 Å². The van der Waals surface area contributed by atoms with Crippen molar-refractivity contribution in [1.29, 1.82) is 0 Å². The standard InChI is InChI=1S/C15H11F3O2S.Na.H/c16-15(17,18)11-6-7-13(12(8-11)14(19)20)21-9-10-4-2-1-3-5-10;;/h1-8H,9H2,(H,19,20);;. The van der Waals surface area contributed by atoms with Crippen LogP contribution < -0.4 is 0 Å². The second-order valence-corrected chi connectivity index (χ2v) is 5.31. The first-order chi connectivity index (χ1) is 9.88. The van der Waals surface area contributed by atoms with Crippen LogP contribution in [-0.2, 0) is 11.9 Å². The number of carboxylic acids is 1. The van der Waals surface area contributed by atoms with Crippen LogP contribution in [0.5, 0.6) is 0 Å². The van der Waals surface area contributed by atoms with Crippen molar-refractivity contribution in [3.63, 3.8) is 0 Å². The van der Waals surface area contributed by atoms with Crippen molar-refractivity contribution >= 4 is 47.3 Å². The Bertz CT molecular complexity index is 645. The fourth-order valence-electron chi connectivity index (χ4n) is 1.73. The molecule has 1 N–H and O–H groups in total. The van der Waals surface area contributed by atoms with Gasteiger partial charge in [0.05, 0.1) is 11.1 Å². The van der Waals surface area contributed by atoms with E-state index in [4.69, 9.17) is 5.11 Å². The molecule has 0 heterocycles. The molecule has 0 amide bonds. The molecule has 22 heavy (non-hydrogen) atoms. The van der Waals surface area contributed by atoms with Gasteiger partial charge in [0.25, 0.3) is 0 Å². The number of halogens is 3. The van der Waals surface area contributed by atoms with E-state index < -0.39 is 17.7 Å². The summed E-state index contributed by atoms with van der Waals surface area (Å²) in [5, 5.41) is 9.07. The Balaban J connectivity index is 0.00000242. The Morgan fingerprint density at radius 1 is 1.09 bits per heavy atom. The van der Waals surface area contributed by atoms with Gasteiger partial charge in [-0.3, -0.25) is 0 Å². The molecule has 0 saturated carbocycles. The van der Waals surface area contributed by atoms with E-state index in [0.29, 0.717) is 16.7 Å². The van der Waals surface area contributed by atoms with Crippen LogP contribution in [0.25, 0.3) is 0 Å². The van der Waals surface area contributed by atoms with Gasteiger partial charge >= 0.3 is 41.7 Å². The molecule has 0 aromatic heterocycles. The number of carboxylic acid groups (broad SMARTS) is 1. The number of benzene rings is 2. The number of carbonyl (C=O) groups is 1. The maximum atomic E-state index is 12.6. The second-order valence-electron chi connectivity index (χ2n) is 4.29. The molecule has 0 saturated heterocycles. The number of rotatable bonds is 4. The van der Waals surface area contributed by atoms with Gasteiger partial charge in [-0.25, -0.2) is 4.79 Å². The molecule has 0 radical (unpaired) electrons. The summed E-state index contributed by atoms with van der Waals surface area (Å²) >= 11 is 1.20. The SMILES string of the molecule is O=C(O)c1cc(C(F)(F)F)ccc1SCc1ccccc1.[NaH]. The fraction of sp³-hybridized carbons (Fsp3) is 0.133. The van der Waals surface area contributed by atoms with E-state index in [0.717, 1.165) is 11.6 Å². The van der Waals surface area contributed by atoms with Gasteiger partial charge in [-0.15, -0.1) is 11.8 Å². The molecule has 2 aromatic carbocycles. The van der Waals surface area contributed by atoms with Gasteiger partial charge in [0.2, 0.25) is 0 Å². The average molecular weight is 336 g/mol. The normalized spacial score (nSPS) is 10.9. The van der Waals surface area contributed by atoms with Gasteiger partial charge < -0.3 is 5.11 Å². The number of alkyl halides is 3. The Hall–Kier alpha value is -0.950. The van der Waals surface area contributed by atoms with Gasteiger partial charge in [0.15, 0.2) is 0 Å². The van der Waals surface area contributed by atoms with Crippen molar-refractivity contribution in [3.8, 4) is 0 Å². The first kappa shape index (κ1) is 19.1. The van der Waals surface area contributed by atoms with E-state index in [1.807, 2.05) is 30.3 Å². The van der Waals surface area contributed by atoms with Crippen molar-refractivity contribution in [2.75, 3.05) is 0 Å². The van der Waals surface area contributed by atoms with Crippen molar-refractivity contribution in [3.05, 3.63) is 65.2 Å². The van der Waals surface area contributed by atoms with E-state index in [1.54, 1.807) is 0 Å². The Morgan fingerprint density at radius 3 is 2.27 bits per heavy atom. The molecule has 0 fully saturated rings. The molecular formula is C15H12F3NaO2S. The zero-order valence-electron chi connectivity index (χ0n) is 10.7. The summed E-state index contributed by atoms with van der Waals surface area (Å²) < 4.78 is 37.8. The topological polar surface area (TPSA) is 37.3 Å². The Kier molecular flexibility index (Phi) is 6.99. The van der Waals surface area contributed by atoms with Crippen LogP contribution in [0.4, 0.5) is 13.2 Å². The van der Waals surface area contributed by atoms with E-state index >= 15 is 0 Å². The van der Waals surface area contributed by atoms with Crippen LogP contribution in [0, 0.1) is 0 Å². The number of hydrogen-bond acceptors (Lipinski definition) is 2. The summed E-state index contributed by atoms with van der Waals surface area (Å²) in [6, 6.07) is 12.1. The van der Waals surface area contributed by atoms with Crippen LogP contribution in [0.3, 0.4) is 0 Å². The first-order valence-corrected chi connectivity index (χ1v) is 6.98. The van der Waals surface area contributed by atoms with Crippen LogP contribution >= 0.6 is 11.8 Å². The predicted molar refractivity (Wildman–Crippen MR) is 81.6 cm³/mol. The molecule has 0 aliphatic heterocycles. The van der Waals surface area contributed by atoms with Crippen molar-refractivity contribution < 1.29 is 23.1 Å². The van der Waals surface area contributed by atoms with E-state index in [2.05, 4.69) is 0 Å². The summed E-state index contributed by atoms with van der Waals surface area (Å²) in [5.74, 6) is -0.872. The molecule has 0 unspecified atom stereocenters. The molecule has 0 atom stereocenters. The number of aromatic carboxylic acids is 1. The van der Waals surface area contributed by atoms with Gasteiger partial charge in [-0.1, -0.05) is 30.3 Å². The maximum absolute atomic E-state index is 12.6. The van der Waals surface area contributed by atoms with Gasteiger partial charge in [0, 0.05) is 10.6 Å². The number of hydrogen-bond donors (Lipinski definition) is 1. The molecule has 0 aliphatic carbocycles. The molecule has 2 aromatic rings. The van der Waals surface area contributed by atoms with Crippen LogP contribution in [0.1, 0.15) is 21.5 Å². The molecule has 7 heteroatoms.